The van der Waals surface area contributed by atoms with Crippen LogP contribution in [0.25, 0.3) is 21.5 Å². The molecule has 0 aliphatic carbocycles. The Morgan fingerprint density at radius 1 is 0.645 bits per heavy atom. The third kappa shape index (κ3) is 4.15. The highest BCUT2D eigenvalue weighted by Gasteiger charge is 2.32. The van der Waals surface area contributed by atoms with Crippen molar-refractivity contribution in [1.29, 1.82) is 0 Å². The molecule has 0 heterocycles. The third-order valence-corrected chi connectivity index (χ3v) is 8.70. The van der Waals surface area contributed by atoms with Gasteiger partial charge in [-0.15, -0.1) is 0 Å². The van der Waals surface area contributed by atoms with E-state index in [-0.39, 0.29) is 10.8 Å². The first-order chi connectivity index (χ1) is 14.8. The van der Waals surface area contributed by atoms with Gasteiger partial charge in [0.2, 0.25) is 0 Å². The molecule has 1 unspecified atom stereocenters. The predicted molar refractivity (Wildman–Crippen MR) is 140 cm³/mol. The van der Waals surface area contributed by atoms with Gasteiger partial charge in [0.25, 0.3) is 0 Å². The SMILES string of the molecule is CCC(C)Cc1ccc2c(C(C)(CC)CC)c3ccccc3c(C(C)(CC)CC)c2c1. The van der Waals surface area contributed by atoms with Crippen molar-refractivity contribution in [1.82, 2.24) is 0 Å². The molecule has 0 amide bonds. The van der Waals surface area contributed by atoms with Gasteiger partial charge in [-0.05, 0) is 87.1 Å². The van der Waals surface area contributed by atoms with Gasteiger partial charge in [0.05, 0.1) is 0 Å². The molecule has 3 aromatic rings. The lowest BCUT2D eigenvalue weighted by molar-refractivity contribution is 0.441. The summed E-state index contributed by atoms with van der Waals surface area (Å²) in [7, 11) is 0. The van der Waals surface area contributed by atoms with Gasteiger partial charge in [-0.3, -0.25) is 0 Å². The zero-order valence-corrected chi connectivity index (χ0v) is 21.4. The summed E-state index contributed by atoms with van der Waals surface area (Å²) in [6, 6.07) is 16.7. The number of fused-ring (bicyclic) bond motifs is 2. The first kappa shape index (κ1) is 23.8. The van der Waals surface area contributed by atoms with Crippen LogP contribution in [0.5, 0.6) is 0 Å². The van der Waals surface area contributed by atoms with Gasteiger partial charge in [0.1, 0.15) is 0 Å². The van der Waals surface area contributed by atoms with Crippen molar-refractivity contribution in [3.05, 3.63) is 59.2 Å². The standard InChI is InChI=1S/C31H44/c1-9-22(6)20-23-18-19-26-27(21-23)29(31(8,12-4)13-5)25-17-15-14-16-24(25)28(26)30(7,10-2)11-3/h14-19,21-22H,9-13,20H2,1-8H3. The Morgan fingerprint density at radius 3 is 1.55 bits per heavy atom. The molecule has 0 aromatic heterocycles. The molecule has 3 rings (SSSR count). The highest BCUT2D eigenvalue weighted by Crippen LogP contribution is 2.47. The van der Waals surface area contributed by atoms with Gasteiger partial charge in [-0.1, -0.05) is 104 Å². The maximum Gasteiger partial charge on any atom is -0.00682 e. The second kappa shape index (κ2) is 9.35. The molecule has 0 spiro atoms. The molecular formula is C31H44. The number of benzene rings is 3. The maximum absolute atomic E-state index is 2.56. The topological polar surface area (TPSA) is 0 Å². The van der Waals surface area contributed by atoms with Crippen molar-refractivity contribution in [3.63, 3.8) is 0 Å². The van der Waals surface area contributed by atoms with Gasteiger partial charge in [-0.2, -0.15) is 0 Å². The quantitative estimate of drug-likeness (QED) is 0.304. The van der Waals surface area contributed by atoms with Crippen LogP contribution in [0.4, 0.5) is 0 Å². The Kier molecular flexibility index (Phi) is 7.19. The highest BCUT2D eigenvalue weighted by atomic mass is 14.4. The summed E-state index contributed by atoms with van der Waals surface area (Å²) in [6.07, 6.45) is 7.05. The van der Waals surface area contributed by atoms with Crippen LogP contribution >= 0.6 is 0 Å². The Labute approximate surface area is 191 Å². The van der Waals surface area contributed by atoms with Crippen molar-refractivity contribution >= 4 is 21.5 Å². The Hall–Kier alpha value is -1.82. The molecule has 31 heavy (non-hydrogen) atoms. The van der Waals surface area contributed by atoms with E-state index in [0.717, 1.165) is 31.6 Å². The maximum atomic E-state index is 2.56. The molecule has 0 saturated heterocycles. The fourth-order valence-electron chi connectivity index (χ4n) is 5.41. The second-order valence-corrected chi connectivity index (χ2v) is 10.4. The molecule has 0 aliphatic heterocycles. The normalized spacial score (nSPS) is 13.8. The number of rotatable bonds is 9. The summed E-state index contributed by atoms with van der Waals surface area (Å²) < 4.78 is 0. The Morgan fingerprint density at radius 2 is 1.10 bits per heavy atom. The molecule has 0 fully saturated rings. The van der Waals surface area contributed by atoms with Gasteiger partial charge in [-0.25, -0.2) is 0 Å². The van der Waals surface area contributed by atoms with E-state index in [9.17, 15) is 0 Å². The molecule has 0 aliphatic rings. The van der Waals surface area contributed by atoms with Gasteiger partial charge in [0.15, 0.2) is 0 Å². The van der Waals surface area contributed by atoms with Gasteiger partial charge in [0, 0.05) is 0 Å². The van der Waals surface area contributed by atoms with Gasteiger partial charge >= 0.3 is 0 Å². The van der Waals surface area contributed by atoms with E-state index >= 15 is 0 Å². The van der Waals surface area contributed by atoms with Crippen LogP contribution in [0, 0.1) is 5.92 Å². The molecule has 3 aromatic carbocycles. The predicted octanol–water partition coefficient (Wildman–Crippen LogP) is 9.74. The minimum atomic E-state index is 0.181. The van der Waals surface area contributed by atoms with Crippen molar-refractivity contribution < 1.29 is 0 Å². The fourth-order valence-corrected chi connectivity index (χ4v) is 5.41. The van der Waals surface area contributed by atoms with Crippen molar-refractivity contribution in [2.75, 3.05) is 0 Å². The summed E-state index contributed by atoms with van der Waals surface area (Å²) in [5, 5.41) is 5.94. The molecule has 0 nitrogen and oxygen atoms in total. The summed E-state index contributed by atoms with van der Waals surface area (Å²) >= 11 is 0. The van der Waals surface area contributed by atoms with Crippen LogP contribution < -0.4 is 0 Å². The monoisotopic (exact) mass is 416 g/mol. The van der Waals surface area contributed by atoms with Gasteiger partial charge < -0.3 is 0 Å². The molecule has 0 radical (unpaired) electrons. The first-order valence-electron chi connectivity index (χ1n) is 12.8. The first-order valence-corrected chi connectivity index (χ1v) is 12.8. The molecular weight excluding hydrogens is 372 g/mol. The Balaban J connectivity index is 2.53. The Bertz CT molecular complexity index is 1030. The summed E-state index contributed by atoms with van der Waals surface area (Å²) in [4.78, 5) is 0. The van der Waals surface area contributed by atoms with E-state index in [4.69, 9.17) is 0 Å². The van der Waals surface area contributed by atoms with Crippen LogP contribution in [-0.4, -0.2) is 0 Å². The van der Waals surface area contributed by atoms with E-state index in [0.29, 0.717) is 0 Å². The number of hydrogen-bond donors (Lipinski definition) is 0. The zero-order valence-electron chi connectivity index (χ0n) is 21.4. The zero-order chi connectivity index (χ0) is 22.8. The lowest BCUT2D eigenvalue weighted by Gasteiger charge is -2.36. The summed E-state index contributed by atoms with van der Waals surface area (Å²) in [6.45, 7) is 19.1. The lowest BCUT2D eigenvalue weighted by atomic mass is 9.68. The lowest BCUT2D eigenvalue weighted by Crippen LogP contribution is -2.24. The third-order valence-electron chi connectivity index (χ3n) is 8.70. The molecule has 0 saturated carbocycles. The van der Waals surface area contributed by atoms with E-state index < -0.39 is 0 Å². The number of hydrogen-bond acceptors (Lipinski definition) is 0. The largest absolute Gasteiger partial charge is 0.0651 e. The molecule has 168 valence electrons. The second-order valence-electron chi connectivity index (χ2n) is 10.4. The molecule has 0 N–H and O–H groups in total. The van der Waals surface area contributed by atoms with Crippen LogP contribution in [0.3, 0.4) is 0 Å². The average molecular weight is 417 g/mol. The molecule has 0 bridgehead atoms. The summed E-state index contributed by atoms with van der Waals surface area (Å²) in [5.41, 5.74) is 5.00. The van der Waals surface area contributed by atoms with Crippen LogP contribution in [0.15, 0.2) is 42.5 Å². The average Bonchev–Trinajstić information content (AvgIpc) is 2.81. The van der Waals surface area contributed by atoms with Crippen LogP contribution in [0.1, 0.15) is 104 Å². The van der Waals surface area contributed by atoms with Crippen LogP contribution in [0.2, 0.25) is 0 Å². The summed E-state index contributed by atoms with van der Waals surface area (Å²) in [5.74, 6) is 0.723. The van der Waals surface area contributed by atoms with Crippen molar-refractivity contribution in [2.24, 2.45) is 5.92 Å². The molecule has 0 heteroatoms. The minimum Gasteiger partial charge on any atom is -0.0651 e. The fraction of sp³-hybridized carbons (Fsp3) is 0.548. The van der Waals surface area contributed by atoms with E-state index in [1.165, 1.54) is 39.9 Å². The smallest absolute Gasteiger partial charge is 0.00682 e. The minimum absolute atomic E-state index is 0.181. The molecule has 1 atom stereocenters. The highest BCUT2D eigenvalue weighted by molar-refractivity contribution is 6.07. The van der Waals surface area contributed by atoms with Crippen molar-refractivity contribution in [3.8, 4) is 0 Å². The van der Waals surface area contributed by atoms with Crippen molar-refractivity contribution in [2.45, 2.75) is 105 Å². The van der Waals surface area contributed by atoms with E-state index in [1.54, 1.807) is 11.1 Å². The van der Waals surface area contributed by atoms with E-state index in [2.05, 4.69) is 97.9 Å². The van der Waals surface area contributed by atoms with E-state index in [1.807, 2.05) is 0 Å². The van der Waals surface area contributed by atoms with Crippen LogP contribution in [-0.2, 0) is 17.3 Å².